The van der Waals surface area contributed by atoms with Gasteiger partial charge in [0.2, 0.25) is 11.7 Å². The quantitative estimate of drug-likeness (QED) is 0.374. The second-order valence-corrected chi connectivity index (χ2v) is 8.53. The highest BCUT2D eigenvalue weighted by Crippen LogP contribution is 2.41. The van der Waals surface area contributed by atoms with Crippen molar-refractivity contribution in [2.45, 2.75) is 18.9 Å². The van der Waals surface area contributed by atoms with Gasteiger partial charge in [0.05, 0.1) is 39.5 Å². The lowest BCUT2D eigenvalue weighted by molar-refractivity contribution is 0.266. The van der Waals surface area contributed by atoms with Crippen molar-refractivity contribution in [2.75, 3.05) is 44.7 Å². The van der Waals surface area contributed by atoms with E-state index in [0.29, 0.717) is 29.0 Å². The summed E-state index contributed by atoms with van der Waals surface area (Å²) in [4.78, 5) is 16.3. The highest BCUT2D eigenvalue weighted by Gasteiger charge is 2.27. The minimum Gasteiger partial charge on any atom is -0.493 e. The molecule has 36 heavy (non-hydrogen) atoms. The van der Waals surface area contributed by atoms with Crippen molar-refractivity contribution in [3.05, 3.63) is 54.7 Å². The summed E-state index contributed by atoms with van der Waals surface area (Å²) in [6.07, 6.45) is 3.74. The lowest BCUT2D eigenvalue weighted by Gasteiger charge is -2.25. The topological polar surface area (TPSA) is 102 Å². The average molecular weight is 488 g/mol. The molecule has 0 bridgehead atoms. The second kappa shape index (κ2) is 10.2. The summed E-state index contributed by atoms with van der Waals surface area (Å²) in [7, 11) is 4.76. The Balaban J connectivity index is 1.45. The summed E-state index contributed by atoms with van der Waals surface area (Å²) in [6, 6.07) is 15.6. The number of benzene rings is 2. The van der Waals surface area contributed by atoms with E-state index in [2.05, 4.69) is 15.2 Å². The number of anilines is 3. The Kier molecular flexibility index (Phi) is 6.73. The number of para-hydroxylation sites is 1. The normalized spacial score (nSPS) is 15.2. The maximum absolute atomic E-state index is 9.86. The number of hydrogen-bond acceptors (Lipinski definition) is 9. The number of nitrogens with one attached hydrogen (secondary N) is 1. The van der Waals surface area contributed by atoms with Gasteiger partial charge in [0.25, 0.3) is 0 Å². The molecule has 1 atom stereocenters. The first-order valence-electron chi connectivity index (χ1n) is 11.8. The van der Waals surface area contributed by atoms with E-state index in [4.69, 9.17) is 24.2 Å². The monoisotopic (exact) mass is 487 g/mol. The van der Waals surface area contributed by atoms with Crippen LogP contribution in [-0.2, 0) is 0 Å². The maximum Gasteiger partial charge on any atom is 0.230 e. The van der Waals surface area contributed by atoms with Crippen molar-refractivity contribution in [3.63, 3.8) is 0 Å². The summed E-state index contributed by atoms with van der Waals surface area (Å²) < 4.78 is 16.4. The summed E-state index contributed by atoms with van der Waals surface area (Å²) in [5.74, 6) is 3.60. The predicted molar refractivity (Wildman–Crippen MR) is 140 cm³/mol. The Bertz CT molecular complexity index is 1340. The molecule has 0 aliphatic carbocycles. The Morgan fingerprint density at radius 2 is 1.75 bits per heavy atom. The lowest BCUT2D eigenvalue weighted by Crippen LogP contribution is -2.33. The van der Waals surface area contributed by atoms with Crippen molar-refractivity contribution in [2.24, 2.45) is 0 Å². The van der Waals surface area contributed by atoms with E-state index in [0.717, 1.165) is 47.2 Å². The van der Waals surface area contributed by atoms with E-state index >= 15 is 0 Å². The van der Waals surface area contributed by atoms with Crippen LogP contribution >= 0.6 is 0 Å². The third-order valence-electron chi connectivity index (χ3n) is 6.44. The molecule has 9 nitrogen and oxygen atoms in total. The highest BCUT2D eigenvalue weighted by molar-refractivity contribution is 5.91. The molecule has 1 fully saturated rings. The first-order valence-corrected chi connectivity index (χ1v) is 11.8. The zero-order valence-electron chi connectivity index (χ0n) is 20.6. The Morgan fingerprint density at radius 1 is 0.972 bits per heavy atom. The number of hydrogen-bond donors (Lipinski definition) is 2. The summed E-state index contributed by atoms with van der Waals surface area (Å²) in [6.45, 7) is 0.957. The molecule has 0 amide bonds. The first kappa shape index (κ1) is 23.6. The standard InChI is InChI=1S/C27H29N5O4/c1-34-22-13-18(14-23(35-2)25(22)36-3)17-10-11-24(28-15-17)30-27-29-21-9-5-4-8-20(21)26(31-27)32-12-6-7-19(32)16-33/h4-5,8-11,13-15,19,33H,6-7,12,16H2,1-3H3,(H,28,29,30,31)/t19-/m0/s1. The van der Waals surface area contributed by atoms with Gasteiger partial charge in [-0.1, -0.05) is 12.1 Å². The van der Waals surface area contributed by atoms with E-state index in [1.807, 2.05) is 48.5 Å². The van der Waals surface area contributed by atoms with Gasteiger partial charge in [-0.15, -0.1) is 0 Å². The molecule has 1 saturated heterocycles. The van der Waals surface area contributed by atoms with Gasteiger partial charge < -0.3 is 29.5 Å². The van der Waals surface area contributed by atoms with Crippen molar-refractivity contribution in [1.82, 2.24) is 15.0 Å². The fourth-order valence-corrected chi connectivity index (χ4v) is 4.64. The minimum atomic E-state index is 0.0621. The first-order chi connectivity index (χ1) is 17.6. The number of pyridine rings is 1. The zero-order chi connectivity index (χ0) is 25.1. The van der Waals surface area contributed by atoms with Crippen LogP contribution in [0, 0.1) is 0 Å². The number of fused-ring (bicyclic) bond motifs is 1. The predicted octanol–water partition coefficient (Wildman–Crippen LogP) is 4.42. The summed E-state index contributed by atoms with van der Waals surface area (Å²) >= 11 is 0. The van der Waals surface area contributed by atoms with Crippen LogP contribution < -0.4 is 24.4 Å². The van der Waals surface area contributed by atoms with Gasteiger partial charge in [-0.3, -0.25) is 0 Å². The number of aliphatic hydroxyl groups excluding tert-OH is 1. The minimum absolute atomic E-state index is 0.0621. The van der Waals surface area contributed by atoms with Gasteiger partial charge in [0.1, 0.15) is 11.6 Å². The van der Waals surface area contributed by atoms with Crippen molar-refractivity contribution >= 4 is 28.5 Å². The van der Waals surface area contributed by atoms with E-state index in [-0.39, 0.29) is 12.6 Å². The molecule has 0 radical (unpaired) electrons. The third-order valence-corrected chi connectivity index (χ3v) is 6.44. The van der Waals surface area contributed by atoms with Gasteiger partial charge in [-0.05, 0) is 54.8 Å². The molecule has 1 aliphatic heterocycles. The maximum atomic E-state index is 9.86. The number of rotatable bonds is 8. The molecular weight excluding hydrogens is 458 g/mol. The molecule has 2 aromatic carbocycles. The molecule has 0 spiro atoms. The SMILES string of the molecule is COc1cc(-c2ccc(Nc3nc(N4CCC[C@H]4CO)c4ccccc4n3)nc2)cc(OC)c1OC. The van der Waals surface area contributed by atoms with Crippen LogP contribution in [0.3, 0.4) is 0 Å². The van der Waals surface area contributed by atoms with Gasteiger partial charge in [-0.25, -0.2) is 9.97 Å². The Morgan fingerprint density at radius 3 is 2.42 bits per heavy atom. The van der Waals surface area contributed by atoms with Gasteiger partial charge >= 0.3 is 0 Å². The molecule has 0 unspecified atom stereocenters. The van der Waals surface area contributed by atoms with Crippen LogP contribution in [0.1, 0.15) is 12.8 Å². The number of nitrogens with zero attached hydrogens (tertiary/aromatic N) is 4. The smallest absolute Gasteiger partial charge is 0.230 e. The van der Waals surface area contributed by atoms with Gasteiger partial charge in [0.15, 0.2) is 11.5 Å². The van der Waals surface area contributed by atoms with Crippen LogP contribution in [-0.4, -0.2) is 60.6 Å². The van der Waals surface area contributed by atoms with Crippen molar-refractivity contribution in [1.29, 1.82) is 0 Å². The number of aromatic nitrogens is 3. The third kappa shape index (κ3) is 4.45. The van der Waals surface area contributed by atoms with Crippen LogP contribution in [0.25, 0.3) is 22.0 Å². The van der Waals surface area contributed by atoms with E-state index in [1.54, 1.807) is 27.5 Å². The van der Waals surface area contributed by atoms with E-state index in [9.17, 15) is 5.11 Å². The number of ether oxygens (including phenoxy) is 3. The Labute approximate surface area is 209 Å². The Hall–Kier alpha value is -4.11. The fourth-order valence-electron chi connectivity index (χ4n) is 4.64. The molecule has 2 aromatic heterocycles. The molecule has 0 saturated carbocycles. The van der Waals surface area contributed by atoms with Crippen LogP contribution in [0.2, 0.25) is 0 Å². The molecular formula is C27H29N5O4. The molecule has 4 aromatic rings. The highest BCUT2D eigenvalue weighted by atomic mass is 16.5. The number of methoxy groups -OCH3 is 3. The lowest BCUT2D eigenvalue weighted by atomic mass is 10.1. The van der Waals surface area contributed by atoms with Crippen LogP contribution in [0.4, 0.5) is 17.6 Å². The number of aliphatic hydroxyl groups is 1. The molecule has 186 valence electrons. The molecule has 1 aliphatic rings. The second-order valence-electron chi connectivity index (χ2n) is 8.53. The molecule has 3 heterocycles. The van der Waals surface area contributed by atoms with Crippen molar-refractivity contribution < 1.29 is 19.3 Å². The summed E-state index contributed by atoms with van der Waals surface area (Å²) in [5.41, 5.74) is 2.61. The van der Waals surface area contributed by atoms with Crippen molar-refractivity contribution in [3.8, 4) is 28.4 Å². The summed E-state index contributed by atoms with van der Waals surface area (Å²) in [5, 5.41) is 14.1. The van der Waals surface area contributed by atoms with E-state index < -0.39 is 0 Å². The molecule has 2 N–H and O–H groups in total. The van der Waals surface area contributed by atoms with E-state index in [1.165, 1.54) is 0 Å². The van der Waals surface area contributed by atoms with Crippen LogP contribution in [0.15, 0.2) is 54.7 Å². The van der Waals surface area contributed by atoms with Crippen LogP contribution in [0.5, 0.6) is 17.2 Å². The molecule has 9 heteroatoms. The van der Waals surface area contributed by atoms with Gasteiger partial charge in [0, 0.05) is 23.7 Å². The average Bonchev–Trinajstić information content (AvgIpc) is 3.41. The van der Waals surface area contributed by atoms with Gasteiger partial charge in [-0.2, -0.15) is 4.98 Å². The molecule has 5 rings (SSSR count). The zero-order valence-corrected chi connectivity index (χ0v) is 20.6. The fraction of sp³-hybridized carbons (Fsp3) is 0.296. The largest absolute Gasteiger partial charge is 0.493 e.